The molecule has 0 radical (unpaired) electrons. The number of aromatic nitrogens is 1. The van der Waals surface area contributed by atoms with Crippen molar-refractivity contribution in [3.63, 3.8) is 0 Å². The van der Waals surface area contributed by atoms with E-state index in [-0.39, 0.29) is 11.9 Å². The Morgan fingerprint density at radius 2 is 1.62 bits per heavy atom. The van der Waals surface area contributed by atoms with Gasteiger partial charge in [0.05, 0.1) is 18.7 Å². The van der Waals surface area contributed by atoms with Gasteiger partial charge in [0.15, 0.2) is 0 Å². The van der Waals surface area contributed by atoms with E-state index in [1.165, 1.54) is 7.11 Å². The van der Waals surface area contributed by atoms with E-state index in [4.69, 9.17) is 16.3 Å². The van der Waals surface area contributed by atoms with E-state index in [1.54, 1.807) is 12.1 Å². The third kappa shape index (κ3) is 5.38. The standard InChI is InChI=1S/C28H25ClN2O3/c1-19(21-10-12-23(13-11-21)28(33)34-2)30-27(32)26-16-24(22-6-4-3-5-7-22)18-31(26)17-20-8-14-25(29)15-9-20/h3-16,18-19H,17H2,1-2H3,(H,30,32)/t19-/m0/s1. The molecule has 6 heteroatoms. The van der Waals surface area contributed by atoms with E-state index < -0.39 is 5.97 Å². The monoisotopic (exact) mass is 472 g/mol. The fourth-order valence-electron chi connectivity index (χ4n) is 3.79. The van der Waals surface area contributed by atoms with E-state index >= 15 is 0 Å². The summed E-state index contributed by atoms with van der Waals surface area (Å²) in [7, 11) is 1.35. The molecule has 0 spiro atoms. The molecule has 0 aliphatic heterocycles. The lowest BCUT2D eigenvalue weighted by Crippen LogP contribution is -2.28. The summed E-state index contributed by atoms with van der Waals surface area (Å²) < 4.78 is 6.70. The Morgan fingerprint density at radius 1 is 0.941 bits per heavy atom. The average molecular weight is 473 g/mol. The van der Waals surface area contributed by atoms with Crippen molar-refractivity contribution in [2.75, 3.05) is 7.11 Å². The Kier molecular flexibility index (Phi) is 7.14. The molecule has 0 fully saturated rings. The highest BCUT2D eigenvalue weighted by Gasteiger charge is 2.18. The maximum atomic E-state index is 13.3. The molecule has 0 saturated heterocycles. The summed E-state index contributed by atoms with van der Waals surface area (Å²) in [4.78, 5) is 25.0. The Morgan fingerprint density at radius 3 is 2.26 bits per heavy atom. The van der Waals surface area contributed by atoms with Gasteiger partial charge in [-0.05, 0) is 53.9 Å². The number of amides is 1. The lowest BCUT2D eigenvalue weighted by atomic mass is 10.1. The maximum absolute atomic E-state index is 13.3. The van der Waals surface area contributed by atoms with Crippen LogP contribution in [0.3, 0.4) is 0 Å². The zero-order valence-electron chi connectivity index (χ0n) is 19.0. The number of carbonyl (C=O) groups is 2. The van der Waals surface area contributed by atoms with Gasteiger partial charge in [0, 0.05) is 23.3 Å². The predicted octanol–water partition coefficient (Wildman–Crippen LogP) is 6.13. The highest BCUT2D eigenvalue weighted by Crippen LogP contribution is 2.24. The van der Waals surface area contributed by atoms with E-state index in [1.807, 2.05) is 90.5 Å². The highest BCUT2D eigenvalue weighted by molar-refractivity contribution is 6.30. The van der Waals surface area contributed by atoms with Crippen LogP contribution in [0.15, 0.2) is 91.1 Å². The van der Waals surface area contributed by atoms with Crippen LogP contribution in [0.25, 0.3) is 11.1 Å². The number of nitrogens with zero attached hydrogens (tertiary/aromatic N) is 1. The van der Waals surface area contributed by atoms with Crippen LogP contribution in [0.5, 0.6) is 0 Å². The minimum Gasteiger partial charge on any atom is -0.465 e. The van der Waals surface area contributed by atoms with Crippen LogP contribution < -0.4 is 5.32 Å². The molecule has 3 aromatic carbocycles. The Bertz CT molecular complexity index is 1280. The van der Waals surface area contributed by atoms with Crippen molar-refractivity contribution in [3.8, 4) is 11.1 Å². The Hall–Kier alpha value is -3.83. The molecule has 1 amide bonds. The fourth-order valence-corrected chi connectivity index (χ4v) is 3.91. The number of benzene rings is 3. The second kappa shape index (κ2) is 10.4. The van der Waals surface area contributed by atoms with Crippen molar-refractivity contribution < 1.29 is 14.3 Å². The molecule has 4 aromatic rings. The quantitative estimate of drug-likeness (QED) is 0.329. The second-order valence-corrected chi connectivity index (χ2v) is 8.48. The van der Waals surface area contributed by atoms with Crippen molar-refractivity contribution >= 4 is 23.5 Å². The third-order valence-corrected chi connectivity index (χ3v) is 5.93. The smallest absolute Gasteiger partial charge is 0.337 e. The summed E-state index contributed by atoms with van der Waals surface area (Å²) >= 11 is 6.03. The number of nitrogens with one attached hydrogen (secondary N) is 1. The number of hydrogen-bond donors (Lipinski definition) is 1. The number of ether oxygens (including phenoxy) is 1. The SMILES string of the molecule is COC(=O)c1ccc([C@H](C)NC(=O)c2cc(-c3ccccc3)cn2Cc2ccc(Cl)cc2)cc1. The number of hydrogen-bond acceptors (Lipinski definition) is 3. The fraction of sp³-hybridized carbons (Fsp3) is 0.143. The van der Waals surface area contributed by atoms with Gasteiger partial charge in [0.1, 0.15) is 5.69 Å². The molecule has 1 atom stereocenters. The summed E-state index contributed by atoms with van der Waals surface area (Å²) in [6.45, 7) is 2.45. The number of carbonyl (C=O) groups excluding carboxylic acids is 2. The van der Waals surface area contributed by atoms with Gasteiger partial charge in [-0.1, -0.05) is 66.2 Å². The van der Waals surface area contributed by atoms with Gasteiger partial charge in [-0.25, -0.2) is 4.79 Å². The van der Waals surface area contributed by atoms with E-state index in [9.17, 15) is 9.59 Å². The lowest BCUT2D eigenvalue weighted by molar-refractivity contribution is 0.0600. The number of esters is 1. The summed E-state index contributed by atoms with van der Waals surface area (Å²) in [5.41, 5.74) is 4.97. The predicted molar refractivity (Wildman–Crippen MR) is 134 cm³/mol. The molecule has 1 aromatic heterocycles. The topological polar surface area (TPSA) is 60.3 Å². The number of rotatable bonds is 7. The first kappa shape index (κ1) is 23.3. The second-order valence-electron chi connectivity index (χ2n) is 8.04. The van der Waals surface area contributed by atoms with Gasteiger partial charge in [0.2, 0.25) is 0 Å². The minimum absolute atomic E-state index is 0.180. The van der Waals surface area contributed by atoms with Crippen molar-refractivity contribution in [2.24, 2.45) is 0 Å². The van der Waals surface area contributed by atoms with Crippen LogP contribution in [0.4, 0.5) is 0 Å². The van der Waals surface area contributed by atoms with Crippen LogP contribution in [-0.2, 0) is 11.3 Å². The molecule has 1 heterocycles. The lowest BCUT2D eigenvalue weighted by Gasteiger charge is -2.16. The van der Waals surface area contributed by atoms with Crippen LogP contribution >= 0.6 is 11.6 Å². The molecule has 4 rings (SSSR count). The molecule has 1 N–H and O–H groups in total. The average Bonchev–Trinajstić information content (AvgIpc) is 3.29. The van der Waals surface area contributed by atoms with Crippen molar-refractivity contribution in [2.45, 2.75) is 19.5 Å². The van der Waals surface area contributed by atoms with Gasteiger partial charge >= 0.3 is 5.97 Å². The normalized spacial score (nSPS) is 11.6. The van der Waals surface area contributed by atoms with Gasteiger partial charge in [0.25, 0.3) is 5.91 Å². The summed E-state index contributed by atoms with van der Waals surface area (Å²) in [6, 6.07) is 26.3. The molecule has 0 aliphatic rings. The zero-order chi connectivity index (χ0) is 24.1. The molecule has 34 heavy (non-hydrogen) atoms. The highest BCUT2D eigenvalue weighted by atomic mass is 35.5. The van der Waals surface area contributed by atoms with E-state index in [0.29, 0.717) is 22.8 Å². The van der Waals surface area contributed by atoms with Gasteiger partial charge in [-0.15, -0.1) is 0 Å². The molecular weight excluding hydrogens is 448 g/mol. The first-order valence-electron chi connectivity index (χ1n) is 10.9. The zero-order valence-corrected chi connectivity index (χ0v) is 19.8. The molecule has 5 nitrogen and oxygen atoms in total. The van der Waals surface area contributed by atoms with E-state index in [0.717, 1.165) is 22.3 Å². The van der Waals surface area contributed by atoms with Crippen LogP contribution in [0.2, 0.25) is 5.02 Å². The first-order chi connectivity index (χ1) is 16.4. The van der Waals surface area contributed by atoms with Crippen molar-refractivity contribution in [1.29, 1.82) is 0 Å². The summed E-state index contributed by atoms with van der Waals surface area (Å²) in [5, 5.41) is 3.75. The molecule has 0 saturated carbocycles. The largest absolute Gasteiger partial charge is 0.465 e. The van der Waals surface area contributed by atoms with Gasteiger partial charge in [-0.3, -0.25) is 4.79 Å². The molecular formula is C28H25ClN2O3. The third-order valence-electron chi connectivity index (χ3n) is 5.68. The first-order valence-corrected chi connectivity index (χ1v) is 11.3. The molecule has 0 unspecified atom stereocenters. The van der Waals surface area contributed by atoms with Crippen LogP contribution in [0.1, 0.15) is 44.9 Å². The van der Waals surface area contributed by atoms with Crippen LogP contribution in [-0.4, -0.2) is 23.6 Å². The number of methoxy groups -OCH3 is 1. The minimum atomic E-state index is -0.392. The maximum Gasteiger partial charge on any atom is 0.337 e. The Balaban J connectivity index is 1.59. The van der Waals surface area contributed by atoms with E-state index in [2.05, 4.69) is 5.32 Å². The Labute approximate surface area is 204 Å². The summed E-state index contributed by atoms with van der Waals surface area (Å²) in [5.74, 6) is -0.572. The molecule has 0 aliphatic carbocycles. The molecule has 172 valence electrons. The van der Waals surface area contributed by atoms with Crippen molar-refractivity contribution in [1.82, 2.24) is 9.88 Å². The summed E-state index contributed by atoms with van der Waals surface area (Å²) in [6.07, 6.45) is 1.99. The van der Waals surface area contributed by atoms with Gasteiger partial charge < -0.3 is 14.6 Å². The van der Waals surface area contributed by atoms with Crippen molar-refractivity contribution in [3.05, 3.63) is 119 Å². The number of halogens is 1. The van der Waals surface area contributed by atoms with Crippen LogP contribution in [0, 0.1) is 0 Å². The molecule has 0 bridgehead atoms. The van der Waals surface area contributed by atoms with Gasteiger partial charge in [-0.2, -0.15) is 0 Å².